The minimum Gasteiger partial charge on any atom is -0.473 e. The molecule has 42 heavy (non-hydrogen) atoms. The van der Waals surface area contributed by atoms with Crippen molar-refractivity contribution in [2.45, 2.75) is 30.9 Å². The lowest BCUT2D eigenvalue weighted by Gasteiger charge is -2.10. The molecule has 0 atom stereocenters. The van der Waals surface area contributed by atoms with Gasteiger partial charge in [-0.3, -0.25) is 9.36 Å². The molecule has 0 aliphatic rings. The summed E-state index contributed by atoms with van der Waals surface area (Å²) >= 11 is 1.55. The maximum atomic E-state index is 13.6. The van der Waals surface area contributed by atoms with Gasteiger partial charge in [0, 0.05) is 24.1 Å². The third-order valence-electron chi connectivity index (χ3n) is 6.00. The maximum absolute atomic E-state index is 13.6. The first-order chi connectivity index (χ1) is 20.2. The third kappa shape index (κ3) is 8.24. The number of nitrogens with zero attached hydrogens (tertiary/aromatic N) is 3. The summed E-state index contributed by atoms with van der Waals surface area (Å²) in [6.07, 6.45) is 1.75. The van der Waals surface area contributed by atoms with Crippen molar-refractivity contribution in [3.63, 3.8) is 0 Å². The molecular formula is C31H27FN4O5S. The van der Waals surface area contributed by atoms with Crippen LogP contribution in [0.15, 0.2) is 96.3 Å². The van der Waals surface area contributed by atoms with E-state index in [-0.39, 0.29) is 11.7 Å². The van der Waals surface area contributed by atoms with Gasteiger partial charge in [-0.1, -0.05) is 65.9 Å². The van der Waals surface area contributed by atoms with Gasteiger partial charge < -0.3 is 15.5 Å². The van der Waals surface area contributed by atoms with Gasteiger partial charge in [0.15, 0.2) is 10.8 Å². The SMILES string of the molecule is Cc1cccc(CNC(=O)c2ccc(Cn3c(SCc4cccc(F)c4)nc4cccnc43)cc2)c1.O=C(O)C(=O)O. The molecule has 1 amide bonds. The van der Waals surface area contributed by atoms with Gasteiger partial charge in [0.1, 0.15) is 11.3 Å². The number of nitrogens with one attached hydrogen (secondary N) is 1. The number of hydrogen-bond donors (Lipinski definition) is 3. The van der Waals surface area contributed by atoms with Gasteiger partial charge in [0.05, 0.1) is 6.54 Å². The zero-order valence-corrected chi connectivity index (χ0v) is 23.3. The monoisotopic (exact) mass is 586 g/mol. The summed E-state index contributed by atoms with van der Waals surface area (Å²) in [6.45, 7) is 3.08. The zero-order chi connectivity index (χ0) is 30.1. The zero-order valence-electron chi connectivity index (χ0n) is 22.5. The molecule has 3 aromatic carbocycles. The molecule has 2 aromatic heterocycles. The van der Waals surface area contributed by atoms with Crippen molar-refractivity contribution >= 4 is 40.8 Å². The van der Waals surface area contributed by atoms with E-state index in [1.165, 1.54) is 11.6 Å². The molecule has 5 rings (SSSR count). The van der Waals surface area contributed by atoms with E-state index >= 15 is 0 Å². The standard InChI is InChI=1S/C29H25FN4OS.C2H2O4/c1-20-5-2-6-22(15-20)17-32-28(35)24-12-10-21(11-13-24)18-34-27-26(9-4-14-31-27)33-29(34)36-19-23-7-3-8-25(30)16-23;3-1(4)2(5)6/h2-16H,17-19H2,1H3,(H,32,35);(H,3,4)(H,5,6). The number of aryl methyl sites for hydroxylation is 1. The van der Waals surface area contributed by atoms with Crippen molar-refractivity contribution in [2.24, 2.45) is 0 Å². The second kappa shape index (κ2) is 14.0. The second-order valence-electron chi connectivity index (χ2n) is 9.22. The van der Waals surface area contributed by atoms with Gasteiger partial charge in [-0.25, -0.2) is 23.9 Å². The van der Waals surface area contributed by atoms with Crippen molar-refractivity contribution in [1.82, 2.24) is 19.9 Å². The van der Waals surface area contributed by atoms with E-state index in [9.17, 15) is 9.18 Å². The summed E-state index contributed by atoms with van der Waals surface area (Å²) in [5.41, 5.74) is 6.38. The van der Waals surface area contributed by atoms with E-state index in [1.54, 1.807) is 30.1 Å². The van der Waals surface area contributed by atoms with E-state index in [4.69, 9.17) is 24.8 Å². The largest absolute Gasteiger partial charge is 0.473 e. The number of pyridine rings is 1. The minimum absolute atomic E-state index is 0.107. The van der Waals surface area contributed by atoms with Crippen molar-refractivity contribution in [3.8, 4) is 0 Å². The molecule has 0 radical (unpaired) electrons. The number of carbonyl (C=O) groups is 3. The molecular weight excluding hydrogens is 559 g/mol. The summed E-state index contributed by atoms with van der Waals surface area (Å²) < 4.78 is 15.7. The van der Waals surface area contributed by atoms with Gasteiger partial charge in [0.2, 0.25) is 0 Å². The average molecular weight is 587 g/mol. The Balaban J connectivity index is 0.000000612. The smallest absolute Gasteiger partial charge is 0.414 e. The molecule has 5 aromatic rings. The number of thioether (sulfide) groups is 1. The van der Waals surface area contributed by atoms with Crippen LogP contribution in [0.2, 0.25) is 0 Å². The Kier molecular flexibility index (Phi) is 10.0. The molecule has 0 saturated carbocycles. The normalized spacial score (nSPS) is 10.5. The fourth-order valence-corrected chi connectivity index (χ4v) is 4.96. The fourth-order valence-electron chi connectivity index (χ4n) is 4.02. The molecule has 0 aliphatic carbocycles. The maximum Gasteiger partial charge on any atom is 0.414 e. The highest BCUT2D eigenvalue weighted by atomic mass is 32.2. The molecule has 11 heteroatoms. The van der Waals surface area contributed by atoms with Crippen LogP contribution in [0.4, 0.5) is 4.39 Å². The second-order valence-corrected chi connectivity index (χ2v) is 10.2. The summed E-state index contributed by atoms with van der Waals surface area (Å²) in [5.74, 6) is -3.40. The Morgan fingerprint density at radius 3 is 2.29 bits per heavy atom. The van der Waals surface area contributed by atoms with Crippen LogP contribution in [0, 0.1) is 12.7 Å². The van der Waals surface area contributed by atoms with Crippen LogP contribution in [0.5, 0.6) is 0 Å². The molecule has 0 spiro atoms. The summed E-state index contributed by atoms with van der Waals surface area (Å²) in [6, 6.07) is 26.1. The van der Waals surface area contributed by atoms with E-state index in [0.29, 0.717) is 24.4 Å². The molecule has 0 fully saturated rings. The quantitative estimate of drug-likeness (QED) is 0.165. The van der Waals surface area contributed by atoms with Crippen LogP contribution in [0.1, 0.15) is 32.6 Å². The van der Waals surface area contributed by atoms with Crippen LogP contribution in [0.25, 0.3) is 11.2 Å². The first-order valence-corrected chi connectivity index (χ1v) is 13.8. The van der Waals surface area contributed by atoms with Crippen molar-refractivity contribution in [3.05, 3.63) is 125 Å². The number of carboxylic acid groups (broad SMARTS) is 2. The van der Waals surface area contributed by atoms with Crippen LogP contribution in [-0.4, -0.2) is 42.6 Å². The van der Waals surface area contributed by atoms with Crippen molar-refractivity contribution in [1.29, 1.82) is 0 Å². The van der Waals surface area contributed by atoms with Crippen LogP contribution in [-0.2, 0) is 28.4 Å². The predicted octanol–water partition coefficient (Wildman–Crippen LogP) is 5.31. The lowest BCUT2D eigenvalue weighted by Crippen LogP contribution is -2.22. The van der Waals surface area contributed by atoms with E-state index < -0.39 is 11.9 Å². The van der Waals surface area contributed by atoms with E-state index in [2.05, 4.69) is 20.9 Å². The van der Waals surface area contributed by atoms with Crippen LogP contribution < -0.4 is 5.32 Å². The first-order valence-electron chi connectivity index (χ1n) is 12.8. The summed E-state index contributed by atoms with van der Waals surface area (Å²) in [4.78, 5) is 40.1. The number of fused-ring (bicyclic) bond motifs is 1. The summed E-state index contributed by atoms with van der Waals surface area (Å²) in [5, 5.41) is 18.6. The number of carbonyl (C=O) groups excluding carboxylic acids is 1. The number of imidazole rings is 1. The van der Waals surface area contributed by atoms with Gasteiger partial charge in [-0.05, 0) is 60.0 Å². The van der Waals surface area contributed by atoms with Crippen LogP contribution >= 0.6 is 11.8 Å². The minimum atomic E-state index is -1.82. The third-order valence-corrected chi connectivity index (χ3v) is 7.05. The Labute approximate surface area is 245 Å². The number of aromatic nitrogens is 3. The number of hydrogen-bond acceptors (Lipinski definition) is 6. The highest BCUT2D eigenvalue weighted by Gasteiger charge is 2.14. The molecule has 0 saturated heterocycles. The lowest BCUT2D eigenvalue weighted by molar-refractivity contribution is -0.159. The first kappa shape index (κ1) is 29.9. The lowest BCUT2D eigenvalue weighted by atomic mass is 10.1. The fraction of sp³-hybridized carbons (Fsp3) is 0.129. The van der Waals surface area contributed by atoms with Gasteiger partial charge in [-0.2, -0.15) is 0 Å². The van der Waals surface area contributed by atoms with E-state index in [1.807, 2.05) is 67.6 Å². The number of rotatable bonds is 8. The molecule has 214 valence electrons. The van der Waals surface area contributed by atoms with Crippen molar-refractivity contribution < 1.29 is 29.0 Å². The topological polar surface area (TPSA) is 134 Å². The van der Waals surface area contributed by atoms with Gasteiger partial charge in [0.25, 0.3) is 5.91 Å². The molecule has 0 unspecified atom stereocenters. The molecule has 0 aliphatic heterocycles. The molecule has 2 heterocycles. The highest BCUT2D eigenvalue weighted by molar-refractivity contribution is 7.98. The summed E-state index contributed by atoms with van der Waals surface area (Å²) in [7, 11) is 0. The Hall–Kier alpha value is -5.03. The number of benzene rings is 3. The molecule has 9 nitrogen and oxygen atoms in total. The van der Waals surface area contributed by atoms with Gasteiger partial charge in [-0.15, -0.1) is 0 Å². The number of amides is 1. The van der Waals surface area contributed by atoms with Crippen LogP contribution in [0.3, 0.4) is 0 Å². The Bertz CT molecular complexity index is 1710. The van der Waals surface area contributed by atoms with E-state index in [0.717, 1.165) is 33.0 Å². The van der Waals surface area contributed by atoms with Crippen molar-refractivity contribution in [2.75, 3.05) is 0 Å². The Morgan fingerprint density at radius 2 is 1.60 bits per heavy atom. The Morgan fingerprint density at radius 1 is 0.881 bits per heavy atom. The average Bonchev–Trinajstić information content (AvgIpc) is 3.32. The number of halogens is 1. The molecule has 3 N–H and O–H groups in total. The van der Waals surface area contributed by atoms with Gasteiger partial charge >= 0.3 is 11.9 Å². The highest BCUT2D eigenvalue weighted by Crippen LogP contribution is 2.27. The predicted molar refractivity (Wildman–Crippen MR) is 157 cm³/mol. The number of aliphatic carboxylic acids is 2. The number of carboxylic acids is 2. The molecule has 0 bridgehead atoms.